The molecule has 4 N–H and O–H groups in total. The number of halogens is 1. The standard InChI is InChI=1S/C23H27ClN4O8S/c1-34-20-7-6-15(37(32,33)28-8-10-35-11-9-28)12-19(20)26-21(29)14-36-22(30)13-18(27-23(25)31)16-4-2-3-5-17(16)24/h2-7,12,18H,8-11,13-14H2,1H3,(H,26,29)(H3,25,27,31)/t18-/m0/s1. The van der Waals surface area contributed by atoms with Crippen molar-refractivity contribution in [1.29, 1.82) is 0 Å². The average molecular weight is 555 g/mol. The summed E-state index contributed by atoms with van der Waals surface area (Å²) in [6.07, 6.45) is -0.337. The van der Waals surface area contributed by atoms with E-state index in [1.165, 1.54) is 29.6 Å². The van der Waals surface area contributed by atoms with Gasteiger partial charge in [-0.1, -0.05) is 29.8 Å². The Morgan fingerprint density at radius 2 is 1.86 bits per heavy atom. The van der Waals surface area contributed by atoms with Crippen LogP contribution >= 0.6 is 11.6 Å². The number of primary amides is 1. The number of morpholine rings is 1. The van der Waals surface area contributed by atoms with Gasteiger partial charge in [-0.15, -0.1) is 0 Å². The number of nitrogens with one attached hydrogen (secondary N) is 2. The van der Waals surface area contributed by atoms with Crippen molar-refractivity contribution in [2.45, 2.75) is 17.4 Å². The number of carbonyl (C=O) groups is 3. The number of nitrogens with two attached hydrogens (primary N) is 1. The fourth-order valence-electron chi connectivity index (χ4n) is 3.61. The lowest BCUT2D eigenvalue weighted by atomic mass is 10.0. The molecule has 1 atom stereocenters. The number of benzene rings is 2. The van der Waals surface area contributed by atoms with Gasteiger partial charge in [-0.3, -0.25) is 9.59 Å². The number of rotatable bonds is 10. The fraction of sp³-hybridized carbons (Fsp3) is 0.348. The van der Waals surface area contributed by atoms with Crippen LogP contribution in [0.3, 0.4) is 0 Å². The zero-order chi connectivity index (χ0) is 27.0. The minimum Gasteiger partial charge on any atom is -0.495 e. The van der Waals surface area contributed by atoms with Gasteiger partial charge in [-0.05, 0) is 29.8 Å². The highest BCUT2D eigenvalue weighted by Gasteiger charge is 2.27. The Hall–Kier alpha value is -3.39. The summed E-state index contributed by atoms with van der Waals surface area (Å²) in [5.41, 5.74) is 5.75. The number of methoxy groups -OCH3 is 1. The summed E-state index contributed by atoms with van der Waals surface area (Å²) in [6.45, 7) is 0.332. The number of urea groups is 1. The number of hydrogen-bond donors (Lipinski definition) is 3. The Balaban J connectivity index is 1.65. The Morgan fingerprint density at radius 1 is 1.16 bits per heavy atom. The number of amides is 3. The number of sulfonamides is 1. The van der Waals surface area contributed by atoms with Crippen molar-refractivity contribution in [3.8, 4) is 5.75 Å². The Bertz CT molecular complexity index is 1250. The fourth-order valence-corrected chi connectivity index (χ4v) is 5.31. The molecule has 0 aromatic heterocycles. The van der Waals surface area contributed by atoms with Crippen LogP contribution in [0.2, 0.25) is 5.02 Å². The minimum absolute atomic E-state index is 0.0393. The van der Waals surface area contributed by atoms with Crippen molar-refractivity contribution in [1.82, 2.24) is 9.62 Å². The molecule has 12 nitrogen and oxygen atoms in total. The summed E-state index contributed by atoms with van der Waals surface area (Å²) in [7, 11) is -2.46. The number of carbonyl (C=O) groups excluding carboxylic acids is 3. The van der Waals surface area contributed by atoms with Gasteiger partial charge in [0.25, 0.3) is 5.91 Å². The summed E-state index contributed by atoms with van der Waals surface area (Å²) in [5, 5.41) is 5.24. The largest absolute Gasteiger partial charge is 0.495 e. The van der Waals surface area contributed by atoms with Gasteiger partial charge in [-0.25, -0.2) is 13.2 Å². The van der Waals surface area contributed by atoms with Gasteiger partial charge in [0.05, 0.1) is 43.4 Å². The van der Waals surface area contributed by atoms with Gasteiger partial charge in [-0.2, -0.15) is 4.31 Å². The molecular weight excluding hydrogens is 528 g/mol. The van der Waals surface area contributed by atoms with Crippen molar-refractivity contribution in [3.63, 3.8) is 0 Å². The highest BCUT2D eigenvalue weighted by atomic mass is 35.5. The average Bonchev–Trinajstić information content (AvgIpc) is 2.87. The van der Waals surface area contributed by atoms with E-state index in [2.05, 4.69) is 10.6 Å². The van der Waals surface area contributed by atoms with Crippen LogP contribution in [0.4, 0.5) is 10.5 Å². The van der Waals surface area contributed by atoms with Crippen LogP contribution in [-0.4, -0.2) is 70.7 Å². The Labute approximate surface area is 219 Å². The van der Waals surface area contributed by atoms with Gasteiger partial charge in [0.2, 0.25) is 10.0 Å². The quantitative estimate of drug-likeness (QED) is 0.373. The molecule has 0 spiro atoms. The SMILES string of the molecule is COc1ccc(S(=O)(=O)N2CCOCC2)cc1NC(=O)COC(=O)C[C@H](NC(N)=O)c1ccccc1Cl. The number of ether oxygens (including phenoxy) is 3. The van der Waals surface area contributed by atoms with Crippen LogP contribution in [0, 0.1) is 0 Å². The van der Waals surface area contributed by atoms with Crippen molar-refractivity contribution >= 4 is 45.2 Å². The molecule has 0 saturated carbocycles. The van der Waals surface area contributed by atoms with Gasteiger partial charge >= 0.3 is 12.0 Å². The first-order valence-corrected chi connectivity index (χ1v) is 13.0. The van der Waals surface area contributed by atoms with E-state index in [9.17, 15) is 22.8 Å². The van der Waals surface area contributed by atoms with Crippen LogP contribution in [0.1, 0.15) is 18.0 Å². The van der Waals surface area contributed by atoms with Crippen LogP contribution in [0.15, 0.2) is 47.4 Å². The van der Waals surface area contributed by atoms with E-state index in [4.69, 9.17) is 31.5 Å². The third kappa shape index (κ3) is 7.55. The minimum atomic E-state index is -3.82. The lowest BCUT2D eigenvalue weighted by Crippen LogP contribution is -2.40. The van der Waals surface area contributed by atoms with E-state index in [1.54, 1.807) is 24.3 Å². The van der Waals surface area contributed by atoms with Crippen molar-refractivity contribution in [3.05, 3.63) is 53.1 Å². The summed E-state index contributed by atoms with van der Waals surface area (Å²) in [6, 6.07) is 8.89. The van der Waals surface area contributed by atoms with E-state index in [-0.39, 0.29) is 49.1 Å². The second-order valence-electron chi connectivity index (χ2n) is 7.87. The monoisotopic (exact) mass is 554 g/mol. The third-order valence-corrected chi connectivity index (χ3v) is 7.62. The zero-order valence-corrected chi connectivity index (χ0v) is 21.5. The van der Waals surface area contributed by atoms with Gasteiger partial charge in [0.1, 0.15) is 5.75 Å². The maximum atomic E-state index is 13.0. The summed E-state index contributed by atoms with van der Waals surface area (Å²) in [4.78, 5) is 36.3. The second kappa shape index (κ2) is 12.7. The highest BCUT2D eigenvalue weighted by Crippen LogP contribution is 2.29. The molecule has 14 heteroatoms. The van der Waals surface area contributed by atoms with Gasteiger partial charge in [0, 0.05) is 18.1 Å². The van der Waals surface area contributed by atoms with Crippen LogP contribution < -0.4 is 21.1 Å². The van der Waals surface area contributed by atoms with Crippen LogP contribution in [0.5, 0.6) is 5.75 Å². The molecule has 0 radical (unpaired) electrons. The molecule has 0 bridgehead atoms. The first kappa shape index (κ1) is 28.2. The molecule has 0 unspecified atom stereocenters. The molecule has 1 heterocycles. The van der Waals surface area contributed by atoms with Crippen molar-refractivity contribution < 1.29 is 37.0 Å². The third-order valence-electron chi connectivity index (χ3n) is 5.39. The normalized spacial score (nSPS) is 14.9. The number of hydrogen-bond acceptors (Lipinski definition) is 8. The number of esters is 1. The molecule has 1 fully saturated rings. The lowest BCUT2D eigenvalue weighted by molar-refractivity contribution is -0.147. The molecule has 0 aliphatic carbocycles. The molecule has 1 aliphatic heterocycles. The topological polar surface area (TPSA) is 166 Å². The van der Waals surface area contributed by atoms with Gasteiger partial charge < -0.3 is 30.6 Å². The van der Waals surface area contributed by atoms with E-state index in [1.807, 2.05) is 0 Å². The molecule has 3 amide bonds. The Morgan fingerprint density at radius 3 is 2.51 bits per heavy atom. The Kier molecular flexibility index (Phi) is 9.69. The molecule has 2 aromatic carbocycles. The molecule has 1 saturated heterocycles. The predicted octanol–water partition coefficient (Wildman–Crippen LogP) is 1.65. The molecule has 37 heavy (non-hydrogen) atoms. The highest BCUT2D eigenvalue weighted by molar-refractivity contribution is 7.89. The second-order valence-corrected chi connectivity index (χ2v) is 10.2. The lowest BCUT2D eigenvalue weighted by Gasteiger charge is -2.26. The number of anilines is 1. The van der Waals surface area contributed by atoms with E-state index >= 15 is 0 Å². The maximum Gasteiger partial charge on any atom is 0.312 e. The van der Waals surface area contributed by atoms with Crippen molar-refractivity contribution in [2.75, 3.05) is 45.3 Å². The van der Waals surface area contributed by atoms with E-state index in [0.29, 0.717) is 10.6 Å². The molecule has 2 aromatic rings. The maximum absolute atomic E-state index is 13.0. The molecule has 3 rings (SSSR count). The number of nitrogens with zero attached hydrogens (tertiary/aromatic N) is 1. The molecule has 200 valence electrons. The zero-order valence-electron chi connectivity index (χ0n) is 19.9. The summed E-state index contributed by atoms with van der Waals surface area (Å²) >= 11 is 6.15. The van der Waals surface area contributed by atoms with E-state index < -0.39 is 40.6 Å². The van der Waals surface area contributed by atoms with E-state index in [0.717, 1.165) is 0 Å². The summed E-state index contributed by atoms with van der Waals surface area (Å²) in [5.74, 6) is -1.32. The van der Waals surface area contributed by atoms with Crippen molar-refractivity contribution in [2.24, 2.45) is 5.73 Å². The summed E-state index contributed by atoms with van der Waals surface area (Å²) < 4.78 is 42.7. The first-order valence-electron chi connectivity index (χ1n) is 11.1. The first-order chi connectivity index (χ1) is 17.6. The van der Waals surface area contributed by atoms with Gasteiger partial charge in [0.15, 0.2) is 6.61 Å². The van der Waals surface area contributed by atoms with Crippen LogP contribution in [0.25, 0.3) is 0 Å². The molecular formula is C23H27ClN4O8S. The van der Waals surface area contributed by atoms with Crippen LogP contribution in [-0.2, 0) is 29.1 Å². The predicted molar refractivity (Wildman–Crippen MR) is 134 cm³/mol. The molecule has 1 aliphatic rings. The smallest absolute Gasteiger partial charge is 0.312 e.